The molecule has 0 aliphatic rings. The van der Waals surface area contributed by atoms with E-state index in [4.69, 9.17) is 9.15 Å². The highest BCUT2D eigenvalue weighted by molar-refractivity contribution is 5.42. The summed E-state index contributed by atoms with van der Waals surface area (Å²) in [5.41, 5.74) is 2.30. The standard InChI is InChI=1S/C15H19NO2/c1-10-5-7-13(17-4)12(9-10)15(16-3)14-8-6-11(2)18-14/h5-9,15-16H,1-4H3. The molecule has 1 aromatic carbocycles. The molecular formula is C15H19NO2. The van der Waals surface area contributed by atoms with Crippen LogP contribution in [0.15, 0.2) is 34.7 Å². The predicted molar refractivity (Wildman–Crippen MR) is 72.1 cm³/mol. The Morgan fingerprint density at radius 3 is 2.50 bits per heavy atom. The largest absolute Gasteiger partial charge is 0.496 e. The Kier molecular flexibility index (Phi) is 3.72. The van der Waals surface area contributed by atoms with E-state index in [9.17, 15) is 0 Å². The fourth-order valence-electron chi connectivity index (χ4n) is 2.14. The molecule has 0 aliphatic carbocycles. The van der Waals surface area contributed by atoms with Gasteiger partial charge in [0.2, 0.25) is 0 Å². The van der Waals surface area contributed by atoms with E-state index < -0.39 is 0 Å². The van der Waals surface area contributed by atoms with Crippen LogP contribution in [-0.2, 0) is 0 Å². The third kappa shape index (κ3) is 2.41. The van der Waals surface area contributed by atoms with Crippen molar-refractivity contribution in [2.75, 3.05) is 14.2 Å². The lowest BCUT2D eigenvalue weighted by Crippen LogP contribution is -2.18. The van der Waals surface area contributed by atoms with Crippen LogP contribution < -0.4 is 10.1 Å². The number of aryl methyl sites for hydroxylation is 2. The Labute approximate surface area is 108 Å². The molecule has 2 aromatic rings. The number of hydrogen-bond acceptors (Lipinski definition) is 3. The van der Waals surface area contributed by atoms with Crippen LogP contribution in [0.4, 0.5) is 0 Å². The van der Waals surface area contributed by atoms with Gasteiger partial charge >= 0.3 is 0 Å². The molecule has 0 spiro atoms. The molecule has 1 aromatic heterocycles. The van der Waals surface area contributed by atoms with Gasteiger partial charge in [-0.2, -0.15) is 0 Å². The summed E-state index contributed by atoms with van der Waals surface area (Å²) in [5, 5.41) is 3.28. The summed E-state index contributed by atoms with van der Waals surface area (Å²) >= 11 is 0. The van der Waals surface area contributed by atoms with E-state index in [0.29, 0.717) is 0 Å². The van der Waals surface area contributed by atoms with E-state index in [1.807, 2.05) is 38.2 Å². The van der Waals surface area contributed by atoms with Crippen LogP contribution in [0.5, 0.6) is 5.75 Å². The van der Waals surface area contributed by atoms with Crippen molar-refractivity contribution in [3.63, 3.8) is 0 Å². The number of furan rings is 1. The van der Waals surface area contributed by atoms with Crippen LogP contribution >= 0.6 is 0 Å². The normalized spacial score (nSPS) is 12.4. The van der Waals surface area contributed by atoms with Crippen LogP contribution in [0.2, 0.25) is 0 Å². The zero-order valence-electron chi connectivity index (χ0n) is 11.3. The first-order chi connectivity index (χ1) is 8.65. The minimum atomic E-state index is 0.00792. The number of benzene rings is 1. The molecule has 96 valence electrons. The van der Waals surface area contributed by atoms with E-state index in [0.717, 1.165) is 22.8 Å². The van der Waals surface area contributed by atoms with Crippen LogP contribution in [0, 0.1) is 13.8 Å². The number of methoxy groups -OCH3 is 1. The molecule has 1 atom stereocenters. The lowest BCUT2D eigenvalue weighted by Gasteiger charge is -2.18. The summed E-state index contributed by atoms with van der Waals surface area (Å²) in [6.45, 7) is 4.02. The Balaban J connectivity index is 2.47. The lowest BCUT2D eigenvalue weighted by molar-refractivity contribution is 0.394. The quantitative estimate of drug-likeness (QED) is 0.898. The molecule has 0 aliphatic heterocycles. The number of rotatable bonds is 4. The first kappa shape index (κ1) is 12.7. The van der Waals surface area contributed by atoms with Gasteiger partial charge in [0.25, 0.3) is 0 Å². The average molecular weight is 245 g/mol. The van der Waals surface area contributed by atoms with Crippen molar-refractivity contribution in [1.82, 2.24) is 5.32 Å². The predicted octanol–water partition coefficient (Wildman–Crippen LogP) is 3.21. The van der Waals surface area contributed by atoms with Gasteiger partial charge in [-0.15, -0.1) is 0 Å². The topological polar surface area (TPSA) is 34.4 Å². The second-order valence-electron chi connectivity index (χ2n) is 4.42. The molecule has 0 saturated carbocycles. The molecule has 1 heterocycles. The van der Waals surface area contributed by atoms with Crippen molar-refractivity contribution in [1.29, 1.82) is 0 Å². The molecule has 3 heteroatoms. The third-order valence-corrected chi connectivity index (χ3v) is 3.03. The van der Waals surface area contributed by atoms with Gasteiger partial charge in [0, 0.05) is 5.56 Å². The first-order valence-corrected chi connectivity index (χ1v) is 6.04. The minimum Gasteiger partial charge on any atom is -0.496 e. The zero-order valence-corrected chi connectivity index (χ0v) is 11.3. The molecular weight excluding hydrogens is 226 g/mol. The zero-order chi connectivity index (χ0) is 13.1. The molecule has 0 fully saturated rings. The number of hydrogen-bond donors (Lipinski definition) is 1. The fourth-order valence-corrected chi connectivity index (χ4v) is 2.14. The molecule has 0 bridgehead atoms. The fraction of sp³-hybridized carbons (Fsp3) is 0.333. The number of ether oxygens (including phenoxy) is 1. The summed E-state index contributed by atoms with van der Waals surface area (Å²) < 4.78 is 11.1. The van der Waals surface area contributed by atoms with E-state index in [1.165, 1.54) is 5.56 Å². The maximum atomic E-state index is 5.71. The SMILES string of the molecule is CNC(c1ccc(C)o1)c1cc(C)ccc1OC. The lowest BCUT2D eigenvalue weighted by atomic mass is 10.0. The second kappa shape index (κ2) is 5.27. The second-order valence-corrected chi connectivity index (χ2v) is 4.42. The van der Waals surface area contributed by atoms with Crippen molar-refractivity contribution < 1.29 is 9.15 Å². The summed E-state index contributed by atoms with van der Waals surface area (Å²) in [7, 11) is 3.61. The maximum absolute atomic E-state index is 5.71. The monoisotopic (exact) mass is 245 g/mol. The summed E-state index contributed by atoms with van der Waals surface area (Å²) in [4.78, 5) is 0. The average Bonchev–Trinajstić information content (AvgIpc) is 2.77. The smallest absolute Gasteiger partial charge is 0.125 e. The van der Waals surface area contributed by atoms with Crippen LogP contribution in [0.25, 0.3) is 0 Å². The highest BCUT2D eigenvalue weighted by Gasteiger charge is 2.19. The van der Waals surface area contributed by atoms with E-state index >= 15 is 0 Å². The molecule has 0 saturated heterocycles. The summed E-state index contributed by atoms with van der Waals surface area (Å²) in [6.07, 6.45) is 0. The van der Waals surface area contributed by atoms with Gasteiger partial charge in [0.15, 0.2) is 0 Å². The molecule has 1 N–H and O–H groups in total. The van der Waals surface area contributed by atoms with Gasteiger partial charge in [-0.3, -0.25) is 0 Å². The Hall–Kier alpha value is -1.74. The van der Waals surface area contributed by atoms with E-state index in [2.05, 4.69) is 18.3 Å². The highest BCUT2D eigenvalue weighted by Crippen LogP contribution is 2.31. The van der Waals surface area contributed by atoms with E-state index in [1.54, 1.807) is 7.11 Å². The summed E-state index contributed by atoms with van der Waals surface area (Å²) in [6, 6.07) is 10.1. The minimum absolute atomic E-state index is 0.00792. The van der Waals surface area contributed by atoms with Crippen LogP contribution in [0.3, 0.4) is 0 Å². The molecule has 1 unspecified atom stereocenters. The molecule has 0 radical (unpaired) electrons. The van der Waals surface area contributed by atoms with Gasteiger partial charge in [-0.05, 0) is 39.1 Å². The summed E-state index contributed by atoms with van der Waals surface area (Å²) in [5.74, 6) is 2.68. The van der Waals surface area contributed by atoms with Crippen molar-refractivity contribution in [3.05, 3.63) is 53.0 Å². The molecule has 3 nitrogen and oxygen atoms in total. The van der Waals surface area contributed by atoms with Crippen molar-refractivity contribution in [2.24, 2.45) is 0 Å². The van der Waals surface area contributed by atoms with Gasteiger partial charge in [0.05, 0.1) is 13.2 Å². The maximum Gasteiger partial charge on any atom is 0.125 e. The van der Waals surface area contributed by atoms with Gasteiger partial charge < -0.3 is 14.5 Å². The first-order valence-electron chi connectivity index (χ1n) is 6.04. The molecule has 0 amide bonds. The van der Waals surface area contributed by atoms with Gasteiger partial charge in [-0.25, -0.2) is 0 Å². The number of nitrogens with one attached hydrogen (secondary N) is 1. The van der Waals surface area contributed by atoms with Crippen LogP contribution in [-0.4, -0.2) is 14.2 Å². The van der Waals surface area contributed by atoms with Crippen molar-refractivity contribution in [2.45, 2.75) is 19.9 Å². The van der Waals surface area contributed by atoms with Crippen molar-refractivity contribution >= 4 is 0 Å². The van der Waals surface area contributed by atoms with Gasteiger partial charge in [-0.1, -0.05) is 17.7 Å². The Morgan fingerprint density at radius 1 is 1.17 bits per heavy atom. The highest BCUT2D eigenvalue weighted by atomic mass is 16.5. The van der Waals surface area contributed by atoms with E-state index in [-0.39, 0.29) is 6.04 Å². The van der Waals surface area contributed by atoms with Crippen molar-refractivity contribution in [3.8, 4) is 5.75 Å². The Bertz CT molecular complexity index is 531. The van der Waals surface area contributed by atoms with Crippen LogP contribution in [0.1, 0.15) is 28.7 Å². The molecule has 18 heavy (non-hydrogen) atoms. The Morgan fingerprint density at radius 2 is 1.94 bits per heavy atom. The van der Waals surface area contributed by atoms with Gasteiger partial charge in [0.1, 0.15) is 17.3 Å². The molecule has 2 rings (SSSR count). The third-order valence-electron chi connectivity index (χ3n) is 3.03.